The Morgan fingerprint density at radius 3 is 2.62 bits per heavy atom. The third kappa shape index (κ3) is 2.67. The van der Waals surface area contributed by atoms with E-state index in [1.165, 1.54) is 6.07 Å². The van der Waals surface area contributed by atoms with E-state index in [4.69, 9.17) is 32.8 Å². The average molecular weight is 290 g/mol. The molecule has 1 aromatic carbocycles. The van der Waals surface area contributed by atoms with Crippen LogP contribution in [0.4, 0.5) is 0 Å². The fourth-order valence-corrected chi connectivity index (χ4v) is 2.32. The van der Waals surface area contributed by atoms with Crippen molar-refractivity contribution in [3.8, 4) is 0 Å². The number of nitrogens with one attached hydrogen (secondary N) is 1. The molecule has 0 saturated carbocycles. The fourth-order valence-electron chi connectivity index (χ4n) is 1.19. The molecule has 0 aliphatic heterocycles. The van der Waals surface area contributed by atoms with Crippen molar-refractivity contribution in [1.82, 2.24) is 4.98 Å². The number of oxazole rings is 1. The summed E-state index contributed by atoms with van der Waals surface area (Å²) in [6.07, 6.45) is 0. The predicted octanol–water partition coefficient (Wildman–Crippen LogP) is 1.74. The number of rotatable bonds is 1. The van der Waals surface area contributed by atoms with E-state index in [1.54, 1.807) is 0 Å². The molecule has 0 aliphatic carbocycles. The quantitative estimate of drug-likeness (QED) is 0.475. The van der Waals surface area contributed by atoms with Crippen molar-refractivity contribution in [3.63, 3.8) is 0 Å². The number of benzene rings is 1. The normalized spacial score (nSPS) is 11.4. The van der Waals surface area contributed by atoms with Crippen molar-refractivity contribution in [2.75, 3.05) is 0 Å². The molecule has 9 heteroatoms. The fraction of sp³-hybridized carbons (Fsp3) is 0. The second-order valence-corrected chi connectivity index (χ2v) is 4.97. The standard InChI is InChI=1S/C7H4ClNO4S2.Na.H/c8-3-1-4-6(13-7(14)9-4)5(2-3)15(10,11)12;;/h1-2H,(H,9,14)(H,10,11,12);;. The summed E-state index contributed by atoms with van der Waals surface area (Å²) in [5, 5.41) is 0.155. The van der Waals surface area contributed by atoms with Crippen LogP contribution in [0.3, 0.4) is 0 Å². The van der Waals surface area contributed by atoms with Crippen molar-refractivity contribution < 1.29 is 17.4 Å². The number of H-pyrrole nitrogens is 1. The molecule has 2 N–H and O–H groups in total. The number of hydrogen-bond acceptors (Lipinski definition) is 4. The first-order valence-electron chi connectivity index (χ1n) is 3.68. The van der Waals surface area contributed by atoms with Crippen molar-refractivity contribution in [2.24, 2.45) is 0 Å². The summed E-state index contributed by atoms with van der Waals surface area (Å²) >= 11 is 10.4. The third-order valence-electron chi connectivity index (χ3n) is 1.73. The summed E-state index contributed by atoms with van der Waals surface area (Å²) in [5.74, 6) is 0. The van der Waals surface area contributed by atoms with Gasteiger partial charge < -0.3 is 9.40 Å². The zero-order chi connectivity index (χ0) is 11.2. The molecule has 16 heavy (non-hydrogen) atoms. The maximum absolute atomic E-state index is 11.0. The van der Waals surface area contributed by atoms with Crippen LogP contribution < -0.4 is 0 Å². The summed E-state index contributed by atoms with van der Waals surface area (Å²) < 4.78 is 35.9. The van der Waals surface area contributed by atoms with Gasteiger partial charge in [-0.05, 0) is 24.4 Å². The molecule has 82 valence electrons. The van der Waals surface area contributed by atoms with Crippen LogP contribution in [0, 0.1) is 4.84 Å². The van der Waals surface area contributed by atoms with Gasteiger partial charge in [0.25, 0.3) is 15.0 Å². The first kappa shape index (κ1) is 14.2. The molecule has 0 fully saturated rings. The second-order valence-electron chi connectivity index (χ2n) is 2.77. The van der Waals surface area contributed by atoms with E-state index in [1.807, 2.05) is 0 Å². The van der Waals surface area contributed by atoms with E-state index >= 15 is 0 Å². The van der Waals surface area contributed by atoms with Gasteiger partial charge in [-0.1, -0.05) is 11.6 Å². The minimum absolute atomic E-state index is 0. The van der Waals surface area contributed by atoms with Crippen molar-refractivity contribution >= 4 is 74.6 Å². The maximum atomic E-state index is 11.0. The Morgan fingerprint density at radius 2 is 2.06 bits per heavy atom. The Hall–Kier alpha value is 0.110. The molecule has 2 aromatic rings. The van der Waals surface area contributed by atoms with Crippen LogP contribution in [-0.2, 0) is 10.1 Å². The molecular formula is C7H5ClNNaO4S2. The first-order chi connectivity index (χ1) is 6.88. The van der Waals surface area contributed by atoms with Gasteiger partial charge in [-0.15, -0.1) is 0 Å². The summed E-state index contributed by atoms with van der Waals surface area (Å²) in [6, 6.07) is 2.54. The van der Waals surface area contributed by atoms with E-state index in [-0.39, 0.29) is 45.0 Å². The summed E-state index contributed by atoms with van der Waals surface area (Å²) in [7, 11) is -4.38. The summed E-state index contributed by atoms with van der Waals surface area (Å²) in [4.78, 5) is 2.21. The molecule has 0 bridgehead atoms. The van der Waals surface area contributed by atoms with Crippen LogP contribution in [0.5, 0.6) is 0 Å². The van der Waals surface area contributed by atoms with E-state index < -0.39 is 15.0 Å². The predicted molar refractivity (Wildman–Crippen MR) is 63.4 cm³/mol. The van der Waals surface area contributed by atoms with Gasteiger partial charge >= 0.3 is 29.6 Å². The molecule has 0 amide bonds. The Bertz CT molecular complexity index is 690. The van der Waals surface area contributed by atoms with Crippen LogP contribution in [-0.4, -0.2) is 47.5 Å². The van der Waals surface area contributed by atoms with E-state index in [0.29, 0.717) is 5.52 Å². The zero-order valence-corrected chi connectivity index (χ0v) is 9.41. The van der Waals surface area contributed by atoms with Gasteiger partial charge in [-0.25, -0.2) is 0 Å². The second kappa shape index (κ2) is 4.77. The molecule has 2 rings (SSSR count). The van der Waals surface area contributed by atoms with Gasteiger partial charge in [0.05, 0.1) is 5.52 Å². The van der Waals surface area contributed by atoms with Crippen molar-refractivity contribution in [2.45, 2.75) is 4.90 Å². The van der Waals surface area contributed by atoms with E-state index in [2.05, 4.69) is 4.98 Å². The van der Waals surface area contributed by atoms with Crippen LogP contribution >= 0.6 is 23.8 Å². The van der Waals surface area contributed by atoms with Gasteiger partial charge in [-0.3, -0.25) is 4.55 Å². The molecule has 1 aromatic heterocycles. The monoisotopic (exact) mass is 289 g/mol. The van der Waals surface area contributed by atoms with Gasteiger partial charge in [0.1, 0.15) is 4.90 Å². The van der Waals surface area contributed by atoms with E-state index in [0.717, 1.165) is 6.07 Å². The average Bonchev–Trinajstić information content (AvgIpc) is 2.41. The van der Waals surface area contributed by atoms with Gasteiger partial charge in [0.15, 0.2) is 5.58 Å². The first-order valence-corrected chi connectivity index (χ1v) is 5.90. The number of aromatic nitrogens is 1. The number of fused-ring (bicyclic) bond motifs is 1. The molecule has 0 unspecified atom stereocenters. The third-order valence-corrected chi connectivity index (χ3v) is 2.99. The van der Waals surface area contributed by atoms with E-state index in [9.17, 15) is 8.42 Å². The molecular weight excluding hydrogens is 285 g/mol. The Balaban J connectivity index is 0.00000128. The molecule has 5 nitrogen and oxygen atoms in total. The summed E-state index contributed by atoms with van der Waals surface area (Å²) in [5.41, 5.74) is 0.284. The van der Waals surface area contributed by atoms with Crippen LogP contribution in [0.25, 0.3) is 11.1 Å². The molecule has 0 radical (unpaired) electrons. The molecule has 0 atom stereocenters. The molecule has 0 aliphatic rings. The van der Waals surface area contributed by atoms with Gasteiger partial charge in [-0.2, -0.15) is 8.42 Å². The van der Waals surface area contributed by atoms with Crippen LogP contribution in [0.15, 0.2) is 21.4 Å². The minimum atomic E-state index is -4.38. The molecule has 0 spiro atoms. The van der Waals surface area contributed by atoms with Gasteiger partial charge in [0.2, 0.25) is 0 Å². The zero-order valence-electron chi connectivity index (χ0n) is 7.02. The molecule has 1 heterocycles. The topological polar surface area (TPSA) is 83.3 Å². The van der Waals surface area contributed by atoms with Gasteiger partial charge in [0, 0.05) is 5.02 Å². The number of aromatic amines is 1. The SMILES string of the molecule is O=S(=O)(O)c1cc(Cl)cc2[nH]c(=S)oc12.[NaH]. The summed E-state index contributed by atoms with van der Waals surface area (Å²) in [6.45, 7) is 0. The Kier molecular flexibility index (Phi) is 4.23. The van der Waals surface area contributed by atoms with Crippen LogP contribution in [0.2, 0.25) is 5.02 Å². The number of halogens is 1. The molecule has 0 saturated heterocycles. The Morgan fingerprint density at radius 1 is 1.44 bits per heavy atom. The van der Waals surface area contributed by atoms with Crippen molar-refractivity contribution in [3.05, 3.63) is 22.0 Å². The van der Waals surface area contributed by atoms with Crippen molar-refractivity contribution in [1.29, 1.82) is 0 Å². The van der Waals surface area contributed by atoms with Crippen LogP contribution in [0.1, 0.15) is 0 Å². The number of hydrogen-bond donors (Lipinski definition) is 2. The Labute approximate surface area is 123 Å².